The fraction of sp³-hybridized carbons (Fsp3) is 0.929. The number of piperidine rings is 1. The Kier molecular flexibility index (Phi) is 5.01. The van der Waals surface area contributed by atoms with Gasteiger partial charge in [0, 0.05) is 25.0 Å². The average Bonchev–Trinajstić information content (AvgIpc) is 2.68. The summed E-state index contributed by atoms with van der Waals surface area (Å²) in [6, 6.07) is 1.31. The zero-order valence-corrected chi connectivity index (χ0v) is 11.3. The van der Waals surface area contributed by atoms with Crippen molar-refractivity contribution in [2.45, 2.75) is 70.1 Å². The zero-order valence-electron chi connectivity index (χ0n) is 11.3. The highest BCUT2D eigenvalue weighted by Crippen LogP contribution is 2.32. The van der Waals surface area contributed by atoms with E-state index in [0.29, 0.717) is 37.4 Å². The van der Waals surface area contributed by atoms with Crippen LogP contribution in [0.2, 0.25) is 0 Å². The number of hydrogen-bond donors (Lipinski definition) is 3. The molecule has 0 aromatic rings. The fourth-order valence-corrected chi connectivity index (χ4v) is 3.26. The van der Waals surface area contributed by atoms with E-state index < -0.39 is 0 Å². The normalized spacial score (nSPS) is 32.2. The van der Waals surface area contributed by atoms with E-state index in [0.717, 1.165) is 19.3 Å². The number of nitrogens with one attached hydrogen (secondary N) is 2. The Balaban J connectivity index is 1.62. The summed E-state index contributed by atoms with van der Waals surface area (Å²) in [5.74, 6) is 0.712. The van der Waals surface area contributed by atoms with Crippen molar-refractivity contribution in [3.8, 4) is 0 Å². The third kappa shape index (κ3) is 3.95. The number of rotatable bonds is 6. The molecule has 0 aromatic heterocycles. The molecule has 3 atom stereocenters. The third-order valence-electron chi connectivity index (χ3n) is 4.32. The van der Waals surface area contributed by atoms with Crippen molar-refractivity contribution >= 4 is 5.91 Å². The minimum absolute atomic E-state index is 0.157. The van der Waals surface area contributed by atoms with Gasteiger partial charge in [-0.15, -0.1) is 0 Å². The van der Waals surface area contributed by atoms with Gasteiger partial charge in [-0.25, -0.2) is 0 Å². The lowest BCUT2D eigenvalue weighted by Gasteiger charge is -2.28. The minimum Gasteiger partial charge on any atom is -0.393 e. The first kappa shape index (κ1) is 13.8. The molecule has 3 unspecified atom stereocenters. The zero-order chi connectivity index (χ0) is 13.0. The van der Waals surface area contributed by atoms with Crippen molar-refractivity contribution < 1.29 is 9.90 Å². The van der Waals surface area contributed by atoms with Crippen LogP contribution >= 0.6 is 0 Å². The lowest BCUT2D eigenvalue weighted by atomic mass is 9.89. The number of fused-ring (bicyclic) bond motifs is 2. The highest BCUT2D eigenvalue weighted by atomic mass is 16.3. The van der Waals surface area contributed by atoms with Crippen LogP contribution in [-0.2, 0) is 4.79 Å². The minimum atomic E-state index is -0.278. The summed E-state index contributed by atoms with van der Waals surface area (Å²) in [5.41, 5.74) is 0. The molecule has 4 nitrogen and oxygen atoms in total. The third-order valence-corrected chi connectivity index (χ3v) is 4.32. The molecule has 2 aliphatic heterocycles. The Bertz CT molecular complexity index is 271. The molecule has 3 N–H and O–H groups in total. The second-order valence-electron chi connectivity index (χ2n) is 5.88. The molecule has 1 amide bonds. The molecular weight excluding hydrogens is 228 g/mol. The fourth-order valence-electron chi connectivity index (χ4n) is 3.26. The van der Waals surface area contributed by atoms with Crippen LogP contribution < -0.4 is 10.6 Å². The van der Waals surface area contributed by atoms with Gasteiger partial charge in [-0.05, 0) is 44.4 Å². The number of aliphatic hydroxyl groups excluding tert-OH is 1. The summed E-state index contributed by atoms with van der Waals surface area (Å²) in [6.07, 6.45) is 6.68. The van der Waals surface area contributed by atoms with Crippen LogP contribution in [0, 0.1) is 5.92 Å². The van der Waals surface area contributed by atoms with Gasteiger partial charge in [-0.1, -0.05) is 6.92 Å². The predicted molar refractivity (Wildman–Crippen MR) is 71.2 cm³/mol. The van der Waals surface area contributed by atoms with Gasteiger partial charge in [0.1, 0.15) is 0 Å². The molecule has 0 spiro atoms. The van der Waals surface area contributed by atoms with Gasteiger partial charge in [-0.3, -0.25) is 4.79 Å². The standard InChI is InChI=1S/C14H26N2O2/c1-2-13(17)5-6-15-14(18)9-10-7-11-3-4-12(8-10)16-11/h10-13,16-17H,2-9H2,1H3,(H,15,18). The molecule has 2 fully saturated rings. The van der Waals surface area contributed by atoms with Gasteiger partial charge >= 0.3 is 0 Å². The van der Waals surface area contributed by atoms with Gasteiger partial charge in [0.05, 0.1) is 6.10 Å². The molecule has 2 bridgehead atoms. The van der Waals surface area contributed by atoms with E-state index in [1.54, 1.807) is 0 Å². The quantitative estimate of drug-likeness (QED) is 0.667. The topological polar surface area (TPSA) is 61.4 Å². The van der Waals surface area contributed by atoms with Crippen molar-refractivity contribution in [3.05, 3.63) is 0 Å². The Morgan fingerprint density at radius 3 is 2.67 bits per heavy atom. The molecule has 18 heavy (non-hydrogen) atoms. The van der Waals surface area contributed by atoms with Gasteiger partial charge in [0.2, 0.25) is 5.91 Å². The molecule has 0 aromatic carbocycles. The molecule has 0 saturated carbocycles. The maximum Gasteiger partial charge on any atom is 0.220 e. The first-order chi connectivity index (χ1) is 8.67. The Morgan fingerprint density at radius 2 is 2.06 bits per heavy atom. The number of aliphatic hydroxyl groups is 1. The molecule has 2 rings (SSSR count). The smallest absolute Gasteiger partial charge is 0.220 e. The molecule has 104 valence electrons. The Hall–Kier alpha value is -0.610. The summed E-state index contributed by atoms with van der Waals surface area (Å²) < 4.78 is 0. The van der Waals surface area contributed by atoms with Crippen molar-refractivity contribution in [2.24, 2.45) is 5.92 Å². The average molecular weight is 254 g/mol. The molecule has 2 aliphatic rings. The van der Waals surface area contributed by atoms with Crippen molar-refractivity contribution in [1.29, 1.82) is 0 Å². The van der Waals surface area contributed by atoms with Crippen LogP contribution in [0.3, 0.4) is 0 Å². The van der Waals surface area contributed by atoms with Crippen LogP contribution in [-0.4, -0.2) is 35.7 Å². The summed E-state index contributed by atoms with van der Waals surface area (Å²) >= 11 is 0. The van der Waals surface area contributed by atoms with Crippen molar-refractivity contribution in [2.75, 3.05) is 6.54 Å². The number of carbonyl (C=O) groups excluding carboxylic acids is 1. The molecule has 2 saturated heterocycles. The predicted octanol–water partition coefficient (Wildman–Crippen LogP) is 1.18. The van der Waals surface area contributed by atoms with Gasteiger partial charge in [-0.2, -0.15) is 0 Å². The Morgan fingerprint density at radius 1 is 1.39 bits per heavy atom. The summed E-state index contributed by atoms with van der Waals surface area (Å²) in [6.45, 7) is 2.56. The lowest BCUT2D eigenvalue weighted by molar-refractivity contribution is -0.122. The van der Waals surface area contributed by atoms with E-state index in [4.69, 9.17) is 0 Å². The van der Waals surface area contributed by atoms with Crippen LogP contribution in [0.25, 0.3) is 0 Å². The number of amides is 1. The van der Waals surface area contributed by atoms with E-state index in [1.165, 1.54) is 12.8 Å². The summed E-state index contributed by atoms with van der Waals surface area (Å²) in [5, 5.41) is 15.9. The van der Waals surface area contributed by atoms with Crippen LogP contribution in [0.1, 0.15) is 51.9 Å². The molecule has 4 heteroatoms. The highest BCUT2D eigenvalue weighted by molar-refractivity contribution is 5.76. The largest absolute Gasteiger partial charge is 0.393 e. The molecule has 2 heterocycles. The summed E-state index contributed by atoms with van der Waals surface area (Å²) in [7, 11) is 0. The number of carbonyl (C=O) groups is 1. The van der Waals surface area contributed by atoms with E-state index in [1.807, 2.05) is 6.92 Å². The van der Waals surface area contributed by atoms with Crippen LogP contribution in [0.4, 0.5) is 0 Å². The van der Waals surface area contributed by atoms with Crippen LogP contribution in [0.15, 0.2) is 0 Å². The molecule has 0 radical (unpaired) electrons. The molecular formula is C14H26N2O2. The van der Waals surface area contributed by atoms with E-state index in [2.05, 4.69) is 10.6 Å². The maximum absolute atomic E-state index is 11.8. The Labute approximate surface area is 110 Å². The number of hydrogen-bond acceptors (Lipinski definition) is 3. The SMILES string of the molecule is CCC(O)CCNC(=O)CC1CC2CCC(C1)N2. The van der Waals surface area contributed by atoms with E-state index in [9.17, 15) is 9.90 Å². The second-order valence-corrected chi connectivity index (χ2v) is 5.88. The van der Waals surface area contributed by atoms with Gasteiger partial charge < -0.3 is 15.7 Å². The highest BCUT2D eigenvalue weighted by Gasteiger charge is 2.33. The summed E-state index contributed by atoms with van der Waals surface area (Å²) in [4.78, 5) is 11.8. The first-order valence-electron chi connectivity index (χ1n) is 7.38. The van der Waals surface area contributed by atoms with Gasteiger partial charge in [0.25, 0.3) is 0 Å². The molecule has 0 aliphatic carbocycles. The monoisotopic (exact) mass is 254 g/mol. The van der Waals surface area contributed by atoms with E-state index >= 15 is 0 Å². The van der Waals surface area contributed by atoms with Crippen molar-refractivity contribution in [3.63, 3.8) is 0 Å². The van der Waals surface area contributed by atoms with Gasteiger partial charge in [0.15, 0.2) is 0 Å². The maximum atomic E-state index is 11.8. The van der Waals surface area contributed by atoms with Crippen molar-refractivity contribution in [1.82, 2.24) is 10.6 Å². The second kappa shape index (κ2) is 6.53. The van der Waals surface area contributed by atoms with E-state index in [-0.39, 0.29) is 12.0 Å². The first-order valence-corrected chi connectivity index (χ1v) is 7.38. The van der Waals surface area contributed by atoms with Crippen LogP contribution in [0.5, 0.6) is 0 Å². The lowest BCUT2D eigenvalue weighted by Crippen LogP contribution is -2.39.